The average molecular weight is 485 g/mol. The molecule has 0 aliphatic carbocycles. The highest BCUT2D eigenvalue weighted by atomic mass is 32.2. The predicted octanol–water partition coefficient (Wildman–Crippen LogP) is 7.10. The smallest absolute Gasteiger partial charge is 0.258 e. The van der Waals surface area contributed by atoms with Gasteiger partial charge in [-0.3, -0.25) is 10.1 Å². The predicted molar refractivity (Wildman–Crippen MR) is 140 cm³/mol. The van der Waals surface area contributed by atoms with Gasteiger partial charge in [0.15, 0.2) is 9.47 Å². The zero-order valence-electron chi connectivity index (χ0n) is 17.4. The van der Waals surface area contributed by atoms with Gasteiger partial charge in [0, 0.05) is 10.9 Å². The molecule has 160 valence electrons. The van der Waals surface area contributed by atoms with E-state index in [1.807, 2.05) is 79.1 Å². The zero-order valence-corrected chi connectivity index (χ0v) is 19.9. The van der Waals surface area contributed by atoms with Gasteiger partial charge in [-0.1, -0.05) is 71.6 Å². The van der Waals surface area contributed by atoms with Gasteiger partial charge in [0.2, 0.25) is 0 Å². The van der Waals surface area contributed by atoms with Gasteiger partial charge in [-0.15, -0.1) is 11.3 Å². The van der Waals surface area contributed by atoms with Crippen molar-refractivity contribution in [1.82, 2.24) is 15.0 Å². The number of thioether (sulfide) groups is 1. The summed E-state index contributed by atoms with van der Waals surface area (Å²) in [6, 6.07) is 23.4. The van der Waals surface area contributed by atoms with Crippen molar-refractivity contribution in [2.45, 2.75) is 4.34 Å². The molecule has 1 N–H and O–H groups in total. The van der Waals surface area contributed by atoms with Gasteiger partial charge < -0.3 is 0 Å². The van der Waals surface area contributed by atoms with Crippen molar-refractivity contribution in [2.24, 2.45) is 0 Å². The molecule has 33 heavy (non-hydrogen) atoms. The summed E-state index contributed by atoms with van der Waals surface area (Å²) in [5, 5.41) is 4.41. The molecule has 3 aromatic carbocycles. The minimum Gasteiger partial charge on any atom is -0.298 e. The molecule has 0 aliphatic heterocycles. The Bertz CT molecular complexity index is 1660. The summed E-state index contributed by atoms with van der Waals surface area (Å²) in [7, 11) is 0. The van der Waals surface area contributed by atoms with E-state index >= 15 is 0 Å². The zero-order chi connectivity index (χ0) is 22.4. The van der Waals surface area contributed by atoms with E-state index in [1.165, 1.54) is 11.3 Å². The number of anilines is 1. The van der Waals surface area contributed by atoms with Gasteiger partial charge >= 0.3 is 0 Å². The summed E-state index contributed by atoms with van der Waals surface area (Å²) in [5.41, 5.74) is 4.92. The van der Waals surface area contributed by atoms with E-state index < -0.39 is 0 Å². The number of fused-ring (bicyclic) bond motifs is 4. The molecule has 5 nitrogen and oxygen atoms in total. The molecule has 0 bridgehead atoms. The number of rotatable bonds is 4. The molecule has 3 heterocycles. The average Bonchev–Trinajstić information content (AvgIpc) is 3.47. The Morgan fingerprint density at radius 1 is 0.818 bits per heavy atom. The number of pyridine rings is 1. The first-order valence-electron chi connectivity index (χ1n) is 10.2. The Labute approximate surface area is 201 Å². The standard InChI is InChI=1S/C25H16N4OS3/c1-31-25-28-19-12-11-18-21(22(19)33-25)32-24(27-18)29-23(30)16-13-20(14-7-3-2-4-8-14)26-17-10-6-5-9-15(16)17/h2-13H,1H3,(H,27,29,30). The van der Waals surface area contributed by atoms with Gasteiger partial charge in [0.1, 0.15) is 0 Å². The number of carbonyl (C=O) groups excluding carboxylic acids is 1. The fourth-order valence-corrected chi connectivity index (χ4v) is 6.43. The van der Waals surface area contributed by atoms with Gasteiger partial charge in [-0.25, -0.2) is 15.0 Å². The largest absolute Gasteiger partial charge is 0.298 e. The minimum atomic E-state index is -0.199. The Balaban J connectivity index is 1.42. The lowest BCUT2D eigenvalue weighted by molar-refractivity contribution is 0.102. The van der Waals surface area contributed by atoms with Crippen LogP contribution in [0.1, 0.15) is 10.4 Å². The molecule has 0 spiro atoms. The van der Waals surface area contributed by atoms with E-state index in [2.05, 4.69) is 15.3 Å². The van der Waals surface area contributed by atoms with E-state index in [0.29, 0.717) is 10.7 Å². The molecule has 0 atom stereocenters. The quantitative estimate of drug-likeness (QED) is 0.270. The van der Waals surface area contributed by atoms with Gasteiger partial charge in [0.25, 0.3) is 5.91 Å². The number of para-hydroxylation sites is 1. The van der Waals surface area contributed by atoms with Crippen LogP contribution < -0.4 is 5.32 Å². The van der Waals surface area contributed by atoms with Gasteiger partial charge in [-0.05, 0) is 30.5 Å². The van der Waals surface area contributed by atoms with Crippen LogP contribution in [0.15, 0.2) is 77.1 Å². The second-order valence-electron chi connectivity index (χ2n) is 7.36. The van der Waals surface area contributed by atoms with Gasteiger partial charge in [0.05, 0.1) is 37.2 Å². The Morgan fingerprint density at radius 3 is 2.36 bits per heavy atom. The number of benzene rings is 3. The van der Waals surface area contributed by atoms with E-state index in [0.717, 1.165) is 46.9 Å². The molecule has 0 saturated heterocycles. The normalized spacial score (nSPS) is 11.4. The fourth-order valence-electron chi connectivity index (χ4n) is 3.78. The van der Waals surface area contributed by atoms with E-state index in [4.69, 9.17) is 4.98 Å². The first-order valence-corrected chi connectivity index (χ1v) is 13.1. The molecule has 0 unspecified atom stereocenters. The third-order valence-corrected chi connectivity index (χ3v) is 8.52. The van der Waals surface area contributed by atoms with Crippen LogP contribution in [0.4, 0.5) is 5.13 Å². The number of aromatic nitrogens is 3. The number of nitrogens with zero attached hydrogens (tertiary/aromatic N) is 3. The lowest BCUT2D eigenvalue weighted by Gasteiger charge is -2.09. The molecule has 8 heteroatoms. The van der Waals surface area contributed by atoms with E-state index in [1.54, 1.807) is 23.1 Å². The van der Waals surface area contributed by atoms with Crippen molar-refractivity contribution in [2.75, 3.05) is 11.6 Å². The van der Waals surface area contributed by atoms with Crippen LogP contribution in [0.5, 0.6) is 0 Å². The Morgan fingerprint density at radius 2 is 1.55 bits per heavy atom. The number of hydrogen-bond acceptors (Lipinski definition) is 7. The van der Waals surface area contributed by atoms with Crippen molar-refractivity contribution in [3.8, 4) is 11.3 Å². The van der Waals surface area contributed by atoms with Crippen LogP contribution in [0.2, 0.25) is 0 Å². The number of nitrogens with one attached hydrogen (secondary N) is 1. The highest BCUT2D eigenvalue weighted by molar-refractivity contribution is 8.00. The third kappa shape index (κ3) is 3.66. The molecule has 1 amide bonds. The summed E-state index contributed by atoms with van der Waals surface area (Å²) < 4.78 is 3.17. The second kappa shape index (κ2) is 8.22. The monoisotopic (exact) mass is 484 g/mol. The minimum absolute atomic E-state index is 0.199. The number of thiazole rings is 2. The number of amides is 1. The molecular formula is C25H16N4OS3. The van der Waals surface area contributed by atoms with Crippen LogP contribution >= 0.6 is 34.4 Å². The molecule has 0 fully saturated rings. The summed E-state index contributed by atoms with van der Waals surface area (Å²) in [4.78, 5) is 27.5. The van der Waals surface area contributed by atoms with Crippen molar-refractivity contribution >= 4 is 76.8 Å². The Kier molecular flexibility index (Phi) is 5.05. The summed E-state index contributed by atoms with van der Waals surface area (Å²) >= 11 is 4.77. The molecule has 0 saturated carbocycles. The van der Waals surface area contributed by atoms with Crippen molar-refractivity contribution in [3.63, 3.8) is 0 Å². The second-order valence-corrected chi connectivity index (χ2v) is 10.4. The van der Waals surface area contributed by atoms with Crippen LogP contribution in [0.3, 0.4) is 0 Å². The lowest BCUT2D eigenvalue weighted by Crippen LogP contribution is -2.13. The highest BCUT2D eigenvalue weighted by Gasteiger charge is 2.17. The van der Waals surface area contributed by atoms with Crippen molar-refractivity contribution < 1.29 is 4.79 Å². The maximum absolute atomic E-state index is 13.4. The maximum Gasteiger partial charge on any atom is 0.258 e. The first kappa shape index (κ1) is 20.3. The molecular weight excluding hydrogens is 469 g/mol. The van der Waals surface area contributed by atoms with Crippen LogP contribution in [0.25, 0.3) is 42.6 Å². The lowest BCUT2D eigenvalue weighted by atomic mass is 10.0. The van der Waals surface area contributed by atoms with Crippen LogP contribution in [-0.4, -0.2) is 27.1 Å². The Hall–Kier alpha value is -3.33. The number of carbonyl (C=O) groups is 1. The fraction of sp³-hybridized carbons (Fsp3) is 0.0400. The highest BCUT2D eigenvalue weighted by Crippen LogP contribution is 2.38. The third-order valence-electron chi connectivity index (χ3n) is 5.32. The SMILES string of the molecule is CSc1nc2ccc3nc(NC(=O)c4cc(-c5ccccc5)nc5ccccc45)sc3c2s1. The van der Waals surface area contributed by atoms with Crippen LogP contribution in [0, 0.1) is 0 Å². The first-order chi connectivity index (χ1) is 16.2. The molecule has 3 aromatic heterocycles. The number of hydrogen-bond donors (Lipinski definition) is 1. The summed E-state index contributed by atoms with van der Waals surface area (Å²) in [6.07, 6.45) is 2.02. The molecule has 6 rings (SSSR count). The van der Waals surface area contributed by atoms with Crippen molar-refractivity contribution in [3.05, 3.63) is 78.4 Å². The maximum atomic E-state index is 13.4. The van der Waals surface area contributed by atoms with E-state index in [9.17, 15) is 4.79 Å². The molecule has 6 aromatic rings. The van der Waals surface area contributed by atoms with Gasteiger partial charge in [-0.2, -0.15) is 0 Å². The van der Waals surface area contributed by atoms with Crippen LogP contribution in [-0.2, 0) is 0 Å². The summed E-state index contributed by atoms with van der Waals surface area (Å²) in [5.74, 6) is -0.199. The topological polar surface area (TPSA) is 67.8 Å². The molecule has 0 aliphatic rings. The molecule has 0 radical (unpaired) electrons. The summed E-state index contributed by atoms with van der Waals surface area (Å²) in [6.45, 7) is 0. The van der Waals surface area contributed by atoms with Crippen molar-refractivity contribution in [1.29, 1.82) is 0 Å². The van der Waals surface area contributed by atoms with E-state index in [-0.39, 0.29) is 5.91 Å².